The van der Waals surface area contributed by atoms with E-state index in [4.69, 9.17) is 4.74 Å². The van der Waals surface area contributed by atoms with E-state index in [0.29, 0.717) is 11.6 Å². The van der Waals surface area contributed by atoms with Crippen LogP contribution in [0.4, 0.5) is 0 Å². The molecule has 3 rings (SSSR count). The van der Waals surface area contributed by atoms with Crippen LogP contribution in [0, 0.1) is 0 Å². The molecule has 0 bridgehead atoms. The Kier molecular flexibility index (Phi) is 2.76. The Morgan fingerprint density at radius 2 is 2.44 bits per heavy atom. The summed E-state index contributed by atoms with van der Waals surface area (Å²) >= 11 is 0. The Balaban J connectivity index is 2.16. The van der Waals surface area contributed by atoms with E-state index in [9.17, 15) is 4.79 Å². The fourth-order valence-corrected chi connectivity index (χ4v) is 2.47. The Labute approximate surface area is 105 Å². The van der Waals surface area contributed by atoms with Crippen molar-refractivity contribution in [2.75, 3.05) is 20.2 Å². The first-order valence-corrected chi connectivity index (χ1v) is 6.07. The lowest BCUT2D eigenvalue weighted by molar-refractivity contribution is 0.0596. The topological polar surface area (TPSA) is 55.6 Å². The molecule has 1 atom stereocenters. The molecule has 2 aromatic heterocycles. The van der Waals surface area contributed by atoms with E-state index in [0.717, 1.165) is 30.9 Å². The number of imidazole rings is 1. The zero-order valence-electron chi connectivity index (χ0n) is 10.2. The van der Waals surface area contributed by atoms with Gasteiger partial charge in [0.2, 0.25) is 0 Å². The lowest BCUT2D eigenvalue weighted by Gasteiger charge is -2.06. The van der Waals surface area contributed by atoms with Crippen LogP contribution in [0.5, 0.6) is 0 Å². The molecule has 0 amide bonds. The average molecular weight is 245 g/mol. The van der Waals surface area contributed by atoms with Crippen molar-refractivity contribution in [3.63, 3.8) is 0 Å². The minimum absolute atomic E-state index is 0.360. The van der Waals surface area contributed by atoms with Gasteiger partial charge in [-0.15, -0.1) is 0 Å². The van der Waals surface area contributed by atoms with Crippen molar-refractivity contribution in [1.29, 1.82) is 0 Å². The largest absolute Gasteiger partial charge is 0.464 e. The van der Waals surface area contributed by atoms with Crippen molar-refractivity contribution in [3.8, 4) is 0 Å². The smallest absolute Gasteiger partial charge is 0.358 e. The summed E-state index contributed by atoms with van der Waals surface area (Å²) in [5.41, 5.74) is 1.21. The van der Waals surface area contributed by atoms with Gasteiger partial charge in [0.05, 0.1) is 12.6 Å². The second kappa shape index (κ2) is 4.42. The van der Waals surface area contributed by atoms with E-state index in [-0.39, 0.29) is 5.97 Å². The number of fused-ring (bicyclic) bond motifs is 1. The monoisotopic (exact) mass is 245 g/mol. The van der Waals surface area contributed by atoms with E-state index in [2.05, 4.69) is 10.3 Å². The Bertz CT molecular complexity index is 585. The maximum absolute atomic E-state index is 11.7. The van der Waals surface area contributed by atoms with Crippen LogP contribution in [0.15, 0.2) is 24.4 Å². The highest BCUT2D eigenvalue weighted by molar-refractivity contribution is 5.95. The molecular weight excluding hydrogens is 230 g/mol. The van der Waals surface area contributed by atoms with Crippen LogP contribution < -0.4 is 5.32 Å². The van der Waals surface area contributed by atoms with Gasteiger partial charge in [0.25, 0.3) is 0 Å². The zero-order valence-corrected chi connectivity index (χ0v) is 10.2. The van der Waals surface area contributed by atoms with Gasteiger partial charge < -0.3 is 14.5 Å². The van der Waals surface area contributed by atoms with Gasteiger partial charge >= 0.3 is 5.97 Å². The molecule has 5 nitrogen and oxygen atoms in total. The minimum atomic E-state index is -0.379. The highest BCUT2D eigenvalue weighted by Gasteiger charge is 2.25. The second-order valence-electron chi connectivity index (χ2n) is 4.46. The van der Waals surface area contributed by atoms with Crippen LogP contribution in [0.2, 0.25) is 0 Å². The summed E-state index contributed by atoms with van der Waals surface area (Å²) in [6, 6.07) is 5.74. The van der Waals surface area contributed by atoms with E-state index >= 15 is 0 Å². The number of nitrogens with one attached hydrogen (secondary N) is 1. The Morgan fingerprint density at radius 3 is 3.17 bits per heavy atom. The normalized spacial score (nSPS) is 19.3. The van der Waals surface area contributed by atoms with Gasteiger partial charge in [-0.2, -0.15) is 0 Å². The average Bonchev–Trinajstić information content (AvgIpc) is 3.04. The van der Waals surface area contributed by atoms with Crippen molar-refractivity contribution in [2.45, 2.75) is 12.3 Å². The van der Waals surface area contributed by atoms with Crippen molar-refractivity contribution in [1.82, 2.24) is 14.7 Å². The van der Waals surface area contributed by atoms with Crippen LogP contribution in [0.3, 0.4) is 0 Å². The number of nitrogens with zero attached hydrogens (tertiary/aromatic N) is 2. The zero-order chi connectivity index (χ0) is 12.5. The quantitative estimate of drug-likeness (QED) is 0.808. The molecule has 18 heavy (non-hydrogen) atoms. The number of esters is 1. The van der Waals surface area contributed by atoms with Gasteiger partial charge in [-0.25, -0.2) is 9.78 Å². The fourth-order valence-electron chi connectivity index (χ4n) is 2.47. The number of aromatic nitrogens is 2. The van der Waals surface area contributed by atoms with Crippen molar-refractivity contribution >= 4 is 11.5 Å². The number of carbonyl (C=O) groups is 1. The summed E-state index contributed by atoms with van der Waals surface area (Å²) in [7, 11) is 1.38. The standard InChI is InChI=1S/C13H15N3O2/c1-18-13(17)11-10-4-2-3-7-16(10)12(15-11)9-5-6-14-8-9/h2-4,7,9,14H,5-6,8H2,1H3. The first-order chi connectivity index (χ1) is 8.81. The molecule has 0 spiro atoms. The molecule has 5 heteroatoms. The lowest BCUT2D eigenvalue weighted by atomic mass is 10.1. The molecule has 0 saturated carbocycles. The van der Waals surface area contributed by atoms with Gasteiger partial charge in [-0.05, 0) is 25.1 Å². The summed E-state index contributed by atoms with van der Waals surface area (Å²) < 4.78 is 6.78. The molecule has 0 aromatic carbocycles. The molecule has 0 radical (unpaired) electrons. The Hall–Kier alpha value is -1.88. The lowest BCUT2D eigenvalue weighted by Crippen LogP contribution is -2.10. The third-order valence-corrected chi connectivity index (χ3v) is 3.38. The molecule has 1 aliphatic rings. The van der Waals surface area contributed by atoms with E-state index in [1.54, 1.807) is 0 Å². The number of pyridine rings is 1. The second-order valence-corrected chi connectivity index (χ2v) is 4.46. The Morgan fingerprint density at radius 1 is 1.56 bits per heavy atom. The first-order valence-electron chi connectivity index (χ1n) is 6.07. The molecular formula is C13H15N3O2. The predicted octanol–water partition coefficient (Wildman–Crippen LogP) is 1.20. The SMILES string of the molecule is COC(=O)c1nc(C2CCNC2)n2ccccc12. The molecule has 0 aliphatic carbocycles. The number of hydrogen-bond donors (Lipinski definition) is 1. The van der Waals surface area contributed by atoms with Crippen molar-refractivity contribution < 1.29 is 9.53 Å². The third kappa shape index (κ3) is 1.67. The van der Waals surface area contributed by atoms with Gasteiger partial charge in [0.1, 0.15) is 5.82 Å². The summed E-state index contributed by atoms with van der Waals surface area (Å²) in [4.78, 5) is 16.2. The number of methoxy groups -OCH3 is 1. The van der Waals surface area contributed by atoms with Crippen LogP contribution in [-0.2, 0) is 4.74 Å². The van der Waals surface area contributed by atoms with Gasteiger partial charge in [0, 0.05) is 18.7 Å². The minimum Gasteiger partial charge on any atom is -0.464 e. The number of ether oxygens (including phenoxy) is 1. The number of hydrogen-bond acceptors (Lipinski definition) is 4. The molecule has 1 fully saturated rings. The number of rotatable bonds is 2. The van der Waals surface area contributed by atoms with Crippen LogP contribution in [0.25, 0.3) is 5.52 Å². The maximum Gasteiger partial charge on any atom is 0.358 e. The van der Waals surface area contributed by atoms with Gasteiger partial charge in [0.15, 0.2) is 5.69 Å². The molecule has 1 N–H and O–H groups in total. The molecule has 94 valence electrons. The van der Waals surface area contributed by atoms with Crippen molar-refractivity contribution in [3.05, 3.63) is 35.9 Å². The molecule has 1 saturated heterocycles. The van der Waals surface area contributed by atoms with Crippen LogP contribution in [0.1, 0.15) is 28.7 Å². The summed E-state index contributed by atoms with van der Waals surface area (Å²) in [5, 5.41) is 3.32. The highest BCUT2D eigenvalue weighted by atomic mass is 16.5. The summed E-state index contributed by atoms with van der Waals surface area (Å²) in [6.07, 6.45) is 3.00. The molecule has 1 aliphatic heterocycles. The maximum atomic E-state index is 11.7. The highest BCUT2D eigenvalue weighted by Crippen LogP contribution is 2.24. The molecule has 3 heterocycles. The van der Waals surface area contributed by atoms with Gasteiger partial charge in [-0.1, -0.05) is 6.07 Å². The van der Waals surface area contributed by atoms with Gasteiger partial charge in [-0.3, -0.25) is 0 Å². The summed E-state index contributed by atoms with van der Waals surface area (Å²) in [5.74, 6) is 0.921. The van der Waals surface area contributed by atoms with E-state index < -0.39 is 0 Å². The summed E-state index contributed by atoms with van der Waals surface area (Å²) in [6.45, 7) is 1.91. The van der Waals surface area contributed by atoms with E-state index in [1.165, 1.54) is 7.11 Å². The predicted molar refractivity (Wildman–Crippen MR) is 66.8 cm³/mol. The van der Waals surface area contributed by atoms with Crippen molar-refractivity contribution in [2.24, 2.45) is 0 Å². The van der Waals surface area contributed by atoms with E-state index in [1.807, 2.05) is 28.8 Å². The molecule has 2 aromatic rings. The van der Waals surface area contributed by atoms with Crippen LogP contribution in [-0.4, -0.2) is 35.6 Å². The first kappa shape index (κ1) is 11.2. The molecule has 1 unspecified atom stereocenters. The third-order valence-electron chi connectivity index (χ3n) is 3.38. The fraction of sp³-hybridized carbons (Fsp3) is 0.385. The van der Waals surface area contributed by atoms with Crippen LogP contribution >= 0.6 is 0 Å². The number of carbonyl (C=O) groups excluding carboxylic acids is 1.